The fourth-order valence-corrected chi connectivity index (χ4v) is 2.00. The summed E-state index contributed by atoms with van der Waals surface area (Å²) >= 11 is 0. The number of ether oxygens (including phenoxy) is 1. The van der Waals surface area contributed by atoms with E-state index in [1.807, 2.05) is 0 Å². The molecule has 4 N–H and O–H groups in total. The molecule has 1 heterocycles. The van der Waals surface area contributed by atoms with E-state index in [2.05, 4.69) is 5.32 Å². The lowest BCUT2D eigenvalue weighted by atomic mass is 9.98. The minimum atomic E-state index is -1.21. The average molecular weight is 258 g/mol. The van der Waals surface area contributed by atoms with E-state index >= 15 is 0 Å². The fraction of sp³-hybridized carbons (Fsp3) is 0.833. The monoisotopic (exact) mass is 258 g/mol. The van der Waals surface area contributed by atoms with Gasteiger partial charge in [-0.1, -0.05) is 12.8 Å². The summed E-state index contributed by atoms with van der Waals surface area (Å²) in [6.07, 6.45) is 4.38. The molecule has 0 bridgehead atoms. The van der Waals surface area contributed by atoms with Crippen molar-refractivity contribution >= 4 is 11.9 Å². The van der Waals surface area contributed by atoms with Gasteiger partial charge in [-0.25, -0.2) is 4.79 Å². The Labute approximate surface area is 107 Å². The Morgan fingerprint density at radius 1 is 1.28 bits per heavy atom. The van der Waals surface area contributed by atoms with Crippen molar-refractivity contribution in [2.45, 2.75) is 44.1 Å². The molecule has 104 valence electrons. The largest absolute Gasteiger partial charge is 0.479 e. The van der Waals surface area contributed by atoms with Gasteiger partial charge >= 0.3 is 5.97 Å². The highest BCUT2D eigenvalue weighted by atomic mass is 16.5. The molecule has 6 nitrogen and oxygen atoms in total. The van der Waals surface area contributed by atoms with E-state index in [4.69, 9.17) is 15.6 Å². The number of hydrogen-bond acceptors (Lipinski definition) is 4. The van der Waals surface area contributed by atoms with Crippen LogP contribution in [-0.2, 0) is 14.3 Å². The molecule has 0 aromatic rings. The standard InChI is InChI=1S/C12H22N2O4/c13-7-4-2-1-3-5-10(15)14-12(11(16)17)6-8-18-9-12/h1-9,13H2,(H,14,15)(H,16,17). The fourth-order valence-electron chi connectivity index (χ4n) is 2.00. The normalized spacial score (nSPS) is 22.9. The van der Waals surface area contributed by atoms with Gasteiger partial charge in [0, 0.05) is 19.4 Å². The van der Waals surface area contributed by atoms with Crippen LogP contribution in [0.5, 0.6) is 0 Å². The Kier molecular flexibility index (Phi) is 6.07. The van der Waals surface area contributed by atoms with Gasteiger partial charge < -0.3 is 20.9 Å². The van der Waals surface area contributed by atoms with Crippen LogP contribution in [0.25, 0.3) is 0 Å². The molecule has 1 fully saturated rings. The van der Waals surface area contributed by atoms with Crippen LogP contribution >= 0.6 is 0 Å². The third-order valence-electron chi connectivity index (χ3n) is 3.17. The van der Waals surface area contributed by atoms with Gasteiger partial charge in [0.05, 0.1) is 6.61 Å². The molecule has 0 saturated carbocycles. The number of nitrogens with one attached hydrogen (secondary N) is 1. The number of nitrogens with two attached hydrogens (primary N) is 1. The van der Waals surface area contributed by atoms with Crippen LogP contribution in [0.2, 0.25) is 0 Å². The van der Waals surface area contributed by atoms with E-state index in [1.165, 1.54) is 0 Å². The lowest BCUT2D eigenvalue weighted by molar-refractivity contribution is -0.147. The Morgan fingerprint density at radius 3 is 2.56 bits per heavy atom. The molecule has 0 aromatic heterocycles. The van der Waals surface area contributed by atoms with Gasteiger partial charge in [-0.15, -0.1) is 0 Å². The minimum Gasteiger partial charge on any atom is -0.479 e. The summed E-state index contributed by atoms with van der Waals surface area (Å²) in [5.74, 6) is -1.23. The minimum absolute atomic E-state index is 0.0568. The van der Waals surface area contributed by atoms with E-state index in [0.29, 0.717) is 26.0 Å². The second-order valence-corrected chi connectivity index (χ2v) is 4.69. The van der Waals surface area contributed by atoms with Crippen molar-refractivity contribution in [3.05, 3.63) is 0 Å². The highest BCUT2D eigenvalue weighted by Crippen LogP contribution is 2.19. The molecule has 1 rings (SSSR count). The number of carboxylic acids is 1. The van der Waals surface area contributed by atoms with Gasteiger partial charge in [-0.2, -0.15) is 0 Å². The van der Waals surface area contributed by atoms with E-state index in [9.17, 15) is 9.59 Å². The first-order valence-electron chi connectivity index (χ1n) is 6.43. The molecule has 6 heteroatoms. The molecule has 1 amide bonds. The van der Waals surface area contributed by atoms with Crippen molar-refractivity contribution in [3.8, 4) is 0 Å². The molecule has 1 unspecified atom stereocenters. The van der Waals surface area contributed by atoms with Crippen LogP contribution in [0.4, 0.5) is 0 Å². The van der Waals surface area contributed by atoms with Crippen LogP contribution < -0.4 is 11.1 Å². The zero-order valence-electron chi connectivity index (χ0n) is 10.6. The quantitative estimate of drug-likeness (QED) is 0.542. The number of aliphatic carboxylic acids is 1. The third-order valence-corrected chi connectivity index (χ3v) is 3.17. The summed E-state index contributed by atoms with van der Waals surface area (Å²) in [5, 5.41) is 11.7. The third kappa shape index (κ3) is 4.27. The number of amides is 1. The maximum absolute atomic E-state index is 11.7. The SMILES string of the molecule is NCCCCCCC(=O)NC1(C(=O)O)CCOC1. The molecule has 1 aliphatic rings. The summed E-state index contributed by atoms with van der Waals surface area (Å²) in [5.41, 5.74) is 4.16. The van der Waals surface area contributed by atoms with Crippen LogP contribution in [0.1, 0.15) is 38.5 Å². The molecular weight excluding hydrogens is 236 g/mol. The highest BCUT2D eigenvalue weighted by molar-refractivity contribution is 5.87. The van der Waals surface area contributed by atoms with Gasteiger partial charge in [0.25, 0.3) is 0 Å². The average Bonchev–Trinajstić information content (AvgIpc) is 2.78. The Bertz CT molecular complexity index is 288. The molecule has 1 saturated heterocycles. The molecule has 0 aromatic carbocycles. The number of carbonyl (C=O) groups excluding carboxylic acids is 1. The van der Waals surface area contributed by atoms with E-state index < -0.39 is 11.5 Å². The summed E-state index contributed by atoms with van der Waals surface area (Å²) < 4.78 is 5.07. The van der Waals surface area contributed by atoms with Crippen molar-refractivity contribution in [1.82, 2.24) is 5.32 Å². The number of rotatable bonds is 8. The van der Waals surface area contributed by atoms with E-state index in [0.717, 1.165) is 25.7 Å². The zero-order chi connectivity index (χ0) is 13.4. The van der Waals surface area contributed by atoms with Gasteiger partial charge in [-0.3, -0.25) is 4.79 Å². The lowest BCUT2D eigenvalue weighted by Gasteiger charge is -2.23. The number of unbranched alkanes of at least 4 members (excludes halogenated alkanes) is 3. The van der Waals surface area contributed by atoms with Gasteiger partial charge in [0.15, 0.2) is 5.54 Å². The van der Waals surface area contributed by atoms with Crippen LogP contribution in [-0.4, -0.2) is 42.3 Å². The second kappa shape index (κ2) is 7.33. The van der Waals surface area contributed by atoms with Crippen molar-refractivity contribution < 1.29 is 19.4 Å². The predicted molar refractivity (Wildman–Crippen MR) is 66.1 cm³/mol. The number of carbonyl (C=O) groups is 2. The second-order valence-electron chi connectivity index (χ2n) is 4.69. The van der Waals surface area contributed by atoms with Crippen LogP contribution in [0.15, 0.2) is 0 Å². The van der Waals surface area contributed by atoms with E-state index in [1.54, 1.807) is 0 Å². The Morgan fingerprint density at radius 2 is 2.00 bits per heavy atom. The number of hydrogen-bond donors (Lipinski definition) is 3. The molecule has 18 heavy (non-hydrogen) atoms. The first kappa shape index (κ1) is 14.9. The molecule has 1 aliphatic heterocycles. The van der Waals surface area contributed by atoms with Crippen molar-refractivity contribution in [2.24, 2.45) is 5.73 Å². The lowest BCUT2D eigenvalue weighted by Crippen LogP contribution is -2.55. The van der Waals surface area contributed by atoms with Crippen molar-refractivity contribution in [2.75, 3.05) is 19.8 Å². The highest BCUT2D eigenvalue weighted by Gasteiger charge is 2.43. The van der Waals surface area contributed by atoms with Crippen LogP contribution in [0.3, 0.4) is 0 Å². The molecular formula is C12H22N2O4. The maximum atomic E-state index is 11.7. The molecule has 0 aliphatic carbocycles. The first-order chi connectivity index (χ1) is 8.60. The number of carboxylic acid groups (broad SMARTS) is 1. The van der Waals surface area contributed by atoms with E-state index in [-0.39, 0.29) is 12.5 Å². The van der Waals surface area contributed by atoms with Gasteiger partial charge in [0.1, 0.15) is 0 Å². The summed E-state index contributed by atoms with van der Waals surface area (Å²) in [4.78, 5) is 22.9. The van der Waals surface area contributed by atoms with Gasteiger partial charge in [-0.05, 0) is 19.4 Å². The summed E-state index contributed by atoms with van der Waals surface area (Å²) in [6, 6.07) is 0. The Balaban J connectivity index is 2.27. The Hall–Kier alpha value is -1.14. The topological polar surface area (TPSA) is 102 Å². The zero-order valence-corrected chi connectivity index (χ0v) is 10.6. The van der Waals surface area contributed by atoms with Gasteiger partial charge in [0.2, 0.25) is 5.91 Å². The summed E-state index contributed by atoms with van der Waals surface area (Å²) in [7, 11) is 0. The van der Waals surface area contributed by atoms with Crippen LogP contribution in [0, 0.1) is 0 Å². The molecule has 0 spiro atoms. The first-order valence-corrected chi connectivity index (χ1v) is 6.43. The molecule has 0 radical (unpaired) electrons. The molecule has 1 atom stereocenters. The van der Waals surface area contributed by atoms with Crippen molar-refractivity contribution in [1.29, 1.82) is 0 Å². The maximum Gasteiger partial charge on any atom is 0.331 e. The predicted octanol–water partition coefficient (Wildman–Crippen LogP) is 0.256. The summed E-state index contributed by atoms with van der Waals surface area (Å²) in [6.45, 7) is 1.11. The van der Waals surface area contributed by atoms with Crippen molar-refractivity contribution in [3.63, 3.8) is 0 Å². The smallest absolute Gasteiger partial charge is 0.331 e.